The van der Waals surface area contributed by atoms with Crippen molar-refractivity contribution in [2.24, 2.45) is 0 Å². The van der Waals surface area contributed by atoms with Gasteiger partial charge in [0.1, 0.15) is 29.7 Å². The number of aromatic hydroxyl groups is 1. The lowest BCUT2D eigenvalue weighted by atomic mass is 10.1. The number of rotatable bonds is 6. The van der Waals surface area contributed by atoms with Crippen LogP contribution in [0.5, 0.6) is 11.5 Å². The largest absolute Gasteiger partial charge is 0.508 e. The molecule has 0 heterocycles. The minimum atomic E-state index is -0.556. The minimum absolute atomic E-state index is 0.0763. The number of carbonyl (C=O) groups excluding carboxylic acids is 1. The van der Waals surface area contributed by atoms with Crippen molar-refractivity contribution in [2.45, 2.75) is 13.5 Å². The van der Waals surface area contributed by atoms with Crippen LogP contribution < -0.4 is 10.1 Å². The van der Waals surface area contributed by atoms with E-state index in [1.165, 1.54) is 18.2 Å². The van der Waals surface area contributed by atoms with Gasteiger partial charge < -0.3 is 15.2 Å². The van der Waals surface area contributed by atoms with Gasteiger partial charge >= 0.3 is 0 Å². The van der Waals surface area contributed by atoms with Crippen LogP contribution in [0.25, 0.3) is 6.08 Å². The fourth-order valence-electron chi connectivity index (χ4n) is 2.75. The second-order valence-corrected chi connectivity index (χ2v) is 7.05. The smallest absolute Gasteiger partial charge is 0.266 e. The van der Waals surface area contributed by atoms with Crippen LogP contribution >= 0.6 is 11.6 Å². The lowest BCUT2D eigenvalue weighted by Gasteiger charge is -2.09. The molecule has 5 nitrogen and oxygen atoms in total. The van der Waals surface area contributed by atoms with Gasteiger partial charge in [0.15, 0.2) is 0 Å². The van der Waals surface area contributed by atoms with E-state index in [-0.39, 0.29) is 11.3 Å². The molecule has 3 aromatic carbocycles. The van der Waals surface area contributed by atoms with Crippen molar-refractivity contribution < 1.29 is 14.6 Å². The Hall–Kier alpha value is -3.75. The molecular formula is C24H19ClN2O3. The number of hydrogen-bond acceptors (Lipinski definition) is 4. The van der Waals surface area contributed by atoms with Crippen LogP contribution in [0.4, 0.5) is 5.69 Å². The molecule has 2 N–H and O–H groups in total. The molecule has 3 aromatic rings. The molecule has 30 heavy (non-hydrogen) atoms. The quantitative estimate of drug-likeness (QED) is 0.315. The molecule has 0 aliphatic heterocycles. The number of nitrogens with zero attached hydrogens (tertiary/aromatic N) is 1. The molecule has 1 amide bonds. The van der Waals surface area contributed by atoms with Gasteiger partial charge in [-0.1, -0.05) is 47.5 Å². The Morgan fingerprint density at radius 2 is 1.93 bits per heavy atom. The molecule has 0 bridgehead atoms. The third-order valence-electron chi connectivity index (χ3n) is 4.23. The number of phenols is 1. The summed E-state index contributed by atoms with van der Waals surface area (Å²) in [4.78, 5) is 12.3. The molecule has 0 saturated heterocycles. The zero-order valence-corrected chi connectivity index (χ0v) is 17.0. The normalized spacial score (nSPS) is 10.9. The van der Waals surface area contributed by atoms with Crippen molar-refractivity contribution in [1.82, 2.24) is 0 Å². The highest BCUT2D eigenvalue weighted by Crippen LogP contribution is 2.27. The van der Waals surface area contributed by atoms with Crippen molar-refractivity contribution in [3.05, 3.63) is 94.0 Å². The maximum absolute atomic E-state index is 12.3. The van der Waals surface area contributed by atoms with E-state index in [4.69, 9.17) is 16.3 Å². The molecule has 0 aliphatic rings. The standard InChI is InChI=1S/C24H19ClN2O3/c1-16-3-2-4-18(11-16)15-30-23-10-5-17(13-22(23)25)12-19(14-26)24(29)27-20-6-8-21(28)9-7-20/h2-13,28H,15H2,1H3,(H,27,29)/b19-12+. The van der Waals surface area contributed by atoms with Gasteiger partial charge in [0.05, 0.1) is 5.02 Å². The highest BCUT2D eigenvalue weighted by Gasteiger charge is 2.11. The molecule has 3 rings (SSSR count). The van der Waals surface area contributed by atoms with Gasteiger partial charge in [0.25, 0.3) is 5.91 Å². The third kappa shape index (κ3) is 5.63. The molecule has 6 heteroatoms. The molecule has 0 atom stereocenters. The van der Waals surface area contributed by atoms with Crippen molar-refractivity contribution in [3.63, 3.8) is 0 Å². The highest BCUT2D eigenvalue weighted by atomic mass is 35.5. The van der Waals surface area contributed by atoms with Gasteiger partial charge in [0, 0.05) is 5.69 Å². The molecular weight excluding hydrogens is 400 g/mol. The number of anilines is 1. The number of carbonyl (C=O) groups is 1. The lowest BCUT2D eigenvalue weighted by Crippen LogP contribution is -2.13. The lowest BCUT2D eigenvalue weighted by molar-refractivity contribution is -0.112. The van der Waals surface area contributed by atoms with E-state index in [1.807, 2.05) is 37.3 Å². The van der Waals surface area contributed by atoms with E-state index in [0.717, 1.165) is 11.1 Å². The molecule has 0 spiro atoms. The maximum Gasteiger partial charge on any atom is 0.266 e. The van der Waals surface area contributed by atoms with Crippen molar-refractivity contribution >= 4 is 29.3 Å². The predicted molar refractivity (Wildman–Crippen MR) is 117 cm³/mol. The number of ether oxygens (including phenoxy) is 1. The summed E-state index contributed by atoms with van der Waals surface area (Å²) in [6, 6.07) is 20.9. The first kappa shape index (κ1) is 21.0. The molecule has 0 aliphatic carbocycles. The van der Waals surface area contributed by atoms with Crippen LogP contribution in [-0.4, -0.2) is 11.0 Å². The summed E-state index contributed by atoms with van der Waals surface area (Å²) in [6.07, 6.45) is 1.45. The summed E-state index contributed by atoms with van der Waals surface area (Å²) in [6.45, 7) is 2.40. The van der Waals surface area contributed by atoms with Gasteiger partial charge in [0.2, 0.25) is 0 Å². The van der Waals surface area contributed by atoms with Gasteiger partial charge in [-0.15, -0.1) is 0 Å². The van der Waals surface area contributed by atoms with E-state index in [9.17, 15) is 15.2 Å². The summed E-state index contributed by atoms with van der Waals surface area (Å²) < 4.78 is 5.78. The maximum atomic E-state index is 12.3. The predicted octanol–water partition coefficient (Wildman–Crippen LogP) is 5.48. The third-order valence-corrected chi connectivity index (χ3v) is 4.53. The first-order valence-electron chi connectivity index (χ1n) is 9.14. The Labute approximate surface area is 179 Å². The van der Waals surface area contributed by atoms with E-state index < -0.39 is 5.91 Å². The molecule has 0 radical (unpaired) electrons. The van der Waals surface area contributed by atoms with Crippen molar-refractivity contribution in [1.29, 1.82) is 5.26 Å². The van der Waals surface area contributed by atoms with Gasteiger partial charge in [-0.3, -0.25) is 4.79 Å². The SMILES string of the molecule is Cc1cccc(COc2ccc(/C=C(\C#N)C(=O)Nc3ccc(O)cc3)cc2Cl)c1. The Morgan fingerprint density at radius 3 is 2.60 bits per heavy atom. The zero-order valence-electron chi connectivity index (χ0n) is 16.2. The Morgan fingerprint density at radius 1 is 1.17 bits per heavy atom. The average Bonchev–Trinajstić information content (AvgIpc) is 2.73. The zero-order chi connectivity index (χ0) is 21.5. The van der Waals surface area contributed by atoms with Crippen LogP contribution in [-0.2, 0) is 11.4 Å². The molecule has 0 aromatic heterocycles. The summed E-state index contributed by atoms with van der Waals surface area (Å²) in [5.74, 6) is 0.0462. The molecule has 0 unspecified atom stereocenters. The fraction of sp³-hybridized carbons (Fsp3) is 0.0833. The van der Waals surface area contributed by atoms with Gasteiger partial charge in [-0.2, -0.15) is 5.26 Å². The van der Waals surface area contributed by atoms with Gasteiger partial charge in [-0.25, -0.2) is 0 Å². The number of amides is 1. The summed E-state index contributed by atoms with van der Waals surface area (Å²) in [7, 11) is 0. The highest BCUT2D eigenvalue weighted by molar-refractivity contribution is 6.32. The number of aryl methyl sites for hydroxylation is 1. The molecule has 0 fully saturated rings. The van der Waals surface area contributed by atoms with Crippen LogP contribution in [0.3, 0.4) is 0 Å². The summed E-state index contributed by atoms with van der Waals surface area (Å²) in [5.41, 5.74) is 3.18. The number of benzene rings is 3. The topological polar surface area (TPSA) is 82.3 Å². The second-order valence-electron chi connectivity index (χ2n) is 6.64. The van der Waals surface area contributed by atoms with Crippen molar-refractivity contribution in [2.75, 3.05) is 5.32 Å². The fourth-order valence-corrected chi connectivity index (χ4v) is 2.99. The van der Waals surface area contributed by atoms with E-state index >= 15 is 0 Å². The van der Waals surface area contributed by atoms with E-state index in [1.54, 1.807) is 30.3 Å². The Bertz CT molecular complexity index is 1130. The number of hydrogen-bond donors (Lipinski definition) is 2. The van der Waals surface area contributed by atoms with Crippen LogP contribution in [0, 0.1) is 18.3 Å². The first-order valence-corrected chi connectivity index (χ1v) is 9.52. The number of nitriles is 1. The first-order chi connectivity index (χ1) is 14.4. The number of nitrogens with one attached hydrogen (secondary N) is 1. The minimum Gasteiger partial charge on any atom is -0.508 e. The number of halogens is 1. The Balaban J connectivity index is 1.70. The average molecular weight is 419 g/mol. The second kappa shape index (κ2) is 9.64. The van der Waals surface area contributed by atoms with Crippen LogP contribution in [0.15, 0.2) is 72.3 Å². The van der Waals surface area contributed by atoms with Gasteiger partial charge in [-0.05, 0) is 60.5 Å². The van der Waals surface area contributed by atoms with Crippen LogP contribution in [0.1, 0.15) is 16.7 Å². The Kier molecular flexibility index (Phi) is 6.74. The number of phenolic OH excluding ortho intramolecular Hbond substituents is 1. The van der Waals surface area contributed by atoms with Crippen molar-refractivity contribution in [3.8, 4) is 17.6 Å². The molecule has 150 valence electrons. The summed E-state index contributed by atoms with van der Waals surface area (Å²) >= 11 is 6.32. The van der Waals surface area contributed by atoms with E-state index in [2.05, 4.69) is 5.32 Å². The molecule has 0 saturated carbocycles. The monoisotopic (exact) mass is 418 g/mol. The van der Waals surface area contributed by atoms with E-state index in [0.29, 0.717) is 28.6 Å². The summed E-state index contributed by atoms with van der Waals surface area (Å²) in [5, 5.41) is 21.7. The van der Waals surface area contributed by atoms with Crippen LogP contribution in [0.2, 0.25) is 5.02 Å².